The third-order valence-corrected chi connectivity index (χ3v) is 5.41. The number of nitrogens with zero attached hydrogens (tertiary/aromatic N) is 3. The van der Waals surface area contributed by atoms with Crippen molar-refractivity contribution in [2.45, 2.75) is 4.90 Å². The van der Waals surface area contributed by atoms with E-state index in [-0.39, 0.29) is 4.90 Å². The molecule has 1 N–H and O–H groups in total. The number of benzene rings is 2. The number of rotatable bonds is 4. The molecular formula is C18H13ClN4O2S. The van der Waals surface area contributed by atoms with E-state index in [4.69, 9.17) is 11.6 Å². The van der Waals surface area contributed by atoms with Crippen LogP contribution in [0.15, 0.2) is 78.0 Å². The molecule has 0 radical (unpaired) electrons. The first-order chi connectivity index (χ1) is 12.5. The van der Waals surface area contributed by atoms with E-state index in [1.54, 1.807) is 22.9 Å². The van der Waals surface area contributed by atoms with E-state index in [0.717, 1.165) is 5.56 Å². The Morgan fingerprint density at radius 2 is 1.69 bits per heavy atom. The van der Waals surface area contributed by atoms with Gasteiger partial charge in [0.1, 0.15) is 5.69 Å². The van der Waals surface area contributed by atoms with Gasteiger partial charge in [0, 0.05) is 23.0 Å². The minimum Gasteiger partial charge on any atom is -0.269 e. The zero-order valence-corrected chi connectivity index (χ0v) is 14.9. The lowest BCUT2D eigenvalue weighted by atomic mass is 10.1. The zero-order valence-electron chi connectivity index (χ0n) is 13.4. The van der Waals surface area contributed by atoms with Gasteiger partial charge in [-0.25, -0.2) is 18.4 Å². The Hall–Kier alpha value is -2.90. The topological polar surface area (TPSA) is 76.4 Å². The molecule has 4 aromatic rings. The fourth-order valence-corrected chi connectivity index (χ4v) is 3.77. The molecule has 0 aliphatic rings. The summed E-state index contributed by atoms with van der Waals surface area (Å²) < 4.78 is 29.9. The van der Waals surface area contributed by atoms with Crippen molar-refractivity contribution in [1.29, 1.82) is 0 Å². The van der Waals surface area contributed by atoms with Gasteiger partial charge in [-0.15, -0.1) is 0 Å². The van der Waals surface area contributed by atoms with Crippen molar-refractivity contribution in [3.63, 3.8) is 0 Å². The van der Waals surface area contributed by atoms with Crippen LogP contribution in [-0.4, -0.2) is 22.8 Å². The highest BCUT2D eigenvalue weighted by atomic mass is 35.5. The Kier molecular flexibility index (Phi) is 4.10. The molecule has 130 valence electrons. The first kappa shape index (κ1) is 16.6. The lowest BCUT2D eigenvalue weighted by Crippen LogP contribution is -2.15. The summed E-state index contributed by atoms with van der Waals surface area (Å²) in [7, 11) is -3.82. The molecule has 2 aromatic heterocycles. The Bertz CT molecular complexity index is 1170. The number of anilines is 1. The first-order valence-corrected chi connectivity index (χ1v) is 9.57. The lowest BCUT2D eigenvalue weighted by molar-refractivity contribution is 0.601. The highest BCUT2D eigenvalue weighted by molar-refractivity contribution is 7.92. The summed E-state index contributed by atoms with van der Waals surface area (Å²) in [4.78, 5) is 8.79. The standard InChI is InChI=1S/C18H13ClN4O2S/c19-14-7-9-15(10-8-14)26(24,25)22-17-16(13-5-2-1-3-6-13)21-18-20-11-4-12-23(17)18/h1-12,22H. The van der Waals surface area contributed by atoms with E-state index in [1.807, 2.05) is 30.3 Å². The molecule has 0 aliphatic heterocycles. The van der Waals surface area contributed by atoms with Gasteiger partial charge in [-0.05, 0) is 30.3 Å². The van der Waals surface area contributed by atoms with Crippen LogP contribution in [0.1, 0.15) is 0 Å². The number of imidazole rings is 1. The van der Waals surface area contributed by atoms with Gasteiger partial charge < -0.3 is 0 Å². The largest absolute Gasteiger partial charge is 0.269 e. The van der Waals surface area contributed by atoms with E-state index in [0.29, 0.717) is 22.3 Å². The van der Waals surface area contributed by atoms with Gasteiger partial charge in [0.05, 0.1) is 4.90 Å². The summed E-state index contributed by atoms with van der Waals surface area (Å²) in [5.74, 6) is 0.731. The quantitative estimate of drug-likeness (QED) is 0.579. The van der Waals surface area contributed by atoms with Crippen LogP contribution >= 0.6 is 11.6 Å². The predicted molar refractivity (Wildman–Crippen MR) is 101 cm³/mol. The molecule has 0 spiro atoms. The molecule has 0 saturated carbocycles. The molecule has 0 fully saturated rings. The molecular weight excluding hydrogens is 372 g/mol. The molecule has 0 amide bonds. The summed E-state index contributed by atoms with van der Waals surface area (Å²) in [6.45, 7) is 0. The number of fused-ring (bicyclic) bond motifs is 1. The van der Waals surface area contributed by atoms with E-state index >= 15 is 0 Å². The summed E-state index contributed by atoms with van der Waals surface area (Å²) in [6.07, 6.45) is 3.32. The van der Waals surface area contributed by atoms with Gasteiger partial charge in [-0.3, -0.25) is 9.12 Å². The van der Waals surface area contributed by atoms with Gasteiger partial charge in [0.2, 0.25) is 5.78 Å². The van der Waals surface area contributed by atoms with Crippen molar-refractivity contribution in [1.82, 2.24) is 14.4 Å². The second-order valence-corrected chi connectivity index (χ2v) is 7.64. The smallest absolute Gasteiger partial charge is 0.263 e. The molecule has 0 atom stereocenters. The number of sulfonamides is 1. The van der Waals surface area contributed by atoms with Crippen molar-refractivity contribution in [3.8, 4) is 11.3 Å². The van der Waals surface area contributed by atoms with E-state index in [2.05, 4.69) is 14.7 Å². The normalized spacial score (nSPS) is 11.6. The fourth-order valence-electron chi connectivity index (χ4n) is 2.58. The summed E-state index contributed by atoms with van der Waals surface area (Å²) in [6, 6.07) is 17.0. The molecule has 0 saturated heterocycles. The van der Waals surface area contributed by atoms with Crippen LogP contribution in [-0.2, 0) is 10.0 Å². The molecule has 8 heteroatoms. The number of hydrogen-bond donors (Lipinski definition) is 1. The third kappa shape index (κ3) is 3.02. The summed E-state index contributed by atoms with van der Waals surface area (Å²) in [5, 5.41) is 0.466. The van der Waals surface area contributed by atoms with Gasteiger partial charge in [-0.2, -0.15) is 0 Å². The molecule has 0 unspecified atom stereocenters. The molecule has 0 bridgehead atoms. The number of aromatic nitrogens is 3. The SMILES string of the molecule is O=S(=O)(Nc1c(-c2ccccc2)nc2ncccn12)c1ccc(Cl)cc1. The minimum atomic E-state index is -3.82. The van der Waals surface area contributed by atoms with E-state index in [9.17, 15) is 8.42 Å². The average Bonchev–Trinajstić information content (AvgIpc) is 3.01. The van der Waals surface area contributed by atoms with Gasteiger partial charge >= 0.3 is 0 Å². The Morgan fingerprint density at radius 1 is 0.962 bits per heavy atom. The van der Waals surface area contributed by atoms with E-state index < -0.39 is 10.0 Å². The molecule has 0 aliphatic carbocycles. The maximum absolute atomic E-state index is 12.8. The Morgan fingerprint density at radius 3 is 2.42 bits per heavy atom. The second kappa shape index (κ2) is 6.44. The van der Waals surface area contributed by atoms with Gasteiger partial charge in [0.25, 0.3) is 10.0 Å². The van der Waals surface area contributed by atoms with E-state index in [1.165, 1.54) is 24.3 Å². The number of nitrogens with one attached hydrogen (secondary N) is 1. The molecule has 2 heterocycles. The molecule has 4 rings (SSSR count). The molecule has 26 heavy (non-hydrogen) atoms. The first-order valence-electron chi connectivity index (χ1n) is 7.71. The van der Waals surface area contributed by atoms with Crippen LogP contribution in [0.25, 0.3) is 17.0 Å². The van der Waals surface area contributed by atoms with Crippen LogP contribution in [0.4, 0.5) is 5.82 Å². The second-order valence-electron chi connectivity index (χ2n) is 5.52. The fraction of sp³-hybridized carbons (Fsp3) is 0. The molecule has 2 aromatic carbocycles. The predicted octanol–water partition coefficient (Wildman–Crippen LogP) is 3.85. The van der Waals surface area contributed by atoms with Crippen molar-refractivity contribution in [3.05, 3.63) is 78.1 Å². The number of hydrogen-bond acceptors (Lipinski definition) is 4. The highest BCUT2D eigenvalue weighted by Gasteiger charge is 2.21. The maximum atomic E-state index is 12.8. The van der Waals surface area contributed by atoms with Gasteiger partial charge in [0.15, 0.2) is 5.82 Å². The Labute approximate surface area is 155 Å². The minimum absolute atomic E-state index is 0.111. The van der Waals surface area contributed by atoms with Crippen molar-refractivity contribution in [2.24, 2.45) is 0 Å². The zero-order chi connectivity index (χ0) is 18.1. The maximum Gasteiger partial charge on any atom is 0.263 e. The van der Waals surface area contributed by atoms with Crippen LogP contribution < -0.4 is 4.72 Å². The van der Waals surface area contributed by atoms with Crippen LogP contribution in [0.2, 0.25) is 5.02 Å². The number of halogens is 1. The van der Waals surface area contributed by atoms with Gasteiger partial charge in [-0.1, -0.05) is 41.9 Å². The highest BCUT2D eigenvalue weighted by Crippen LogP contribution is 2.30. The van der Waals surface area contributed by atoms with Crippen LogP contribution in [0.3, 0.4) is 0 Å². The van der Waals surface area contributed by atoms with Crippen molar-refractivity contribution >= 4 is 33.2 Å². The summed E-state index contributed by atoms with van der Waals surface area (Å²) in [5.41, 5.74) is 1.29. The Balaban J connectivity index is 1.86. The van der Waals surface area contributed by atoms with Crippen LogP contribution in [0.5, 0.6) is 0 Å². The van der Waals surface area contributed by atoms with Crippen molar-refractivity contribution < 1.29 is 8.42 Å². The monoisotopic (exact) mass is 384 g/mol. The van der Waals surface area contributed by atoms with Crippen LogP contribution in [0, 0.1) is 0 Å². The van der Waals surface area contributed by atoms with Crippen molar-refractivity contribution in [2.75, 3.05) is 4.72 Å². The molecule has 6 nitrogen and oxygen atoms in total. The third-order valence-electron chi connectivity index (χ3n) is 3.81. The average molecular weight is 385 g/mol. The summed E-state index contributed by atoms with van der Waals surface area (Å²) >= 11 is 5.85. The lowest BCUT2D eigenvalue weighted by Gasteiger charge is -2.10.